The summed E-state index contributed by atoms with van der Waals surface area (Å²) in [6.07, 6.45) is -1.86. The Morgan fingerprint density at radius 2 is 1.72 bits per heavy atom. The molecule has 0 saturated heterocycles. The third-order valence-electron chi connectivity index (χ3n) is 4.24. The van der Waals surface area contributed by atoms with Gasteiger partial charge >= 0.3 is 18.0 Å². The fourth-order valence-corrected chi connectivity index (χ4v) is 2.84. The number of amides is 1. The number of nitrogens with two attached hydrogens (primary N) is 2. The third-order valence-corrected chi connectivity index (χ3v) is 4.24. The number of alkyl carbamates (subject to hydrolysis) is 1. The second-order valence-electron chi connectivity index (χ2n) is 6.47. The van der Waals surface area contributed by atoms with Crippen molar-refractivity contribution in [2.45, 2.75) is 25.0 Å². The van der Waals surface area contributed by atoms with Crippen LogP contribution < -0.4 is 16.8 Å². The molecule has 0 aliphatic rings. The molecule has 0 aromatic heterocycles. The highest BCUT2D eigenvalue weighted by molar-refractivity contribution is 5.90. The van der Waals surface area contributed by atoms with Crippen LogP contribution in [0.4, 0.5) is 16.2 Å². The van der Waals surface area contributed by atoms with Crippen molar-refractivity contribution in [3.63, 3.8) is 0 Å². The van der Waals surface area contributed by atoms with E-state index in [1.54, 1.807) is 30.3 Å². The average Bonchev–Trinajstić information content (AvgIpc) is 2.68. The van der Waals surface area contributed by atoms with Crippen LogP contribution in [-0.2, 0) is 32.1 Å². The molecule has 6 N–H and O–H groups in total. The van der Waals surface area contributed by atoms with Gasteiger partial charge in [-0.05, 0) is 23.3 Å². The fourth-order valence-electron chi connectivity index (χ4n) is 2.84. The number of carboxylic acid groups (broad SMARTS) is 1. The Morgan fingerprint density at radius 3 is 2.31 bits per heavy atom. The third kappa shape index (κ3) is 5.86. The Labute approximate surface area is 167 Å². The zero-order chi connectivity index (χ0) is 21.4. The Kier molecular flexibility index (Phi) is 7.02. The van der Waals surface area contributed by atoms with Gasteiger partial charge in [0, 0.05) is 6.42 Å². The minimum absolute atomic E-state index is 0.0498. The molecule has 2 rings (SSSR count). The first-order valence-corrected chi connectivity index (χ1v) is 8.68. The van der Waals surface area contributed by atoms with Gasteiger partial charge in [0.25, 0.3) is 0 Å². The lowest BCUT2D eigenvalue weighted by molar-refractivity contribution is -0.153. The van der Waals surface area contributed by atoms with Crippen LogP contribution in [0.5, 0.6) is 0 Å². The lowest BCUT2D eigenvalue weighted by Gasteiger charge is -2.30. The van der Waals surface area contributed by atoms with Crippen LogP contribution in [0.25, 0.3) is 0 Å². The number of nitrogen functional groups attached to an aromatic ring is 2. The van der Waals surface area contributed by atoms with E-state index in [0.29, 0.717) is 11.3 Å². The molecule has 0 saturated carbocycles. The van der Waals surface area contributed by atoms with Crippen LogP contribution in [0.1, 0.15) is 17.5 Å². The zero-order valence-electron chi connectivity index (χ0n) is 15.9. The van der Waals surface area contributed by atoms with E-state index in [9.17, 15) is 19.5 Å². The lowest BCUT2D eigenvalue weighted by Crippen LogP contribution is -2.58. The molecule has 0 bridgehead atoms. The molecule has 9 nitrogen and oxygen atoms in total. The summed E-state index contributed by atoms with van der Waals surface area (Å²) in [4.78, 5) is 36.4. The number of carbonyl (C=O) groups is 3. The Morgan fingerprint density at radius 1 is 1.03 bits per heavy atom. The number of hydrogen-bond donors (Lipinski definition) is 4. The van der Waals surface area contributed by atoms with Gasteiger partial charge in [-0.25, -0.2) is 9.59 Å². The molecule has 0 aliphatic heterocycles. The Balaban J connectivity index is 2.26. The molecule has 0 unspecified atom stereocenters. The quantitative estimate of drug-likeness (QED) is 0.385. The smallest absolute Gasteiger partial charge is 0.408 e. The van der Waals surface area contributed by atoms with Crippen LogP contribution in [0, 0.1) is 0 Å². The van der Waals surface area contributed by atoms with Gasteiger partial charge in [0.15, 0.2) is 5.54 Å². The number of nitrogens with one attached hydrogen (secondary N) is 1. The molecule has 0 fully saturated rings. The standard InChI is InChI=1S/C20H23N3O6/c1-28-18(26)20(11-17(24)25,10-14-7-8-15(21)16(22)9-14)23-19(27)29-12-13-5-3-2-4-6-13/h2-9H,10-12,21-22H2,1H3,(H,23,27)(H,24,25)/t20-/m0/s1. The molecular weight excluding hydrogens is 378 g/mol. The number of hydrogen-bond acceptors (Lipinski definition) is 7. The summed E-state index contributed by atoms with van der Waals surface area (Å²) >= 11 is 0. The number of esters is 1. The van der Waals surface area contributed by atoms with Crippen LogP contribution in [-0.4, -0.2) is 35.8 Å². The minimum Gasteiger partial charge on any atom is -0.481 e. The van der Waals surface area contributed by atoms with Gasteiger partial charge in [0.1, 0.15) is 6.61 Å². The molecule has 2 aromatic carbocycles. The molecule has 2 aromatic rings. The van der Waals surface area contributed by atoms with E-state index in [-0.39, 0.29) is 18.7 Å². The molecule has 9 heteroatoms. The van der Waals surface area contributed by atoms with Crippen molar-refractivity contribution in [1.82, 2.24) is 5.32 Å². The zero-order valence-corrected chi connectivity index (χ0v) is 15.9. The van der Waals surface area contributed by atoms with E-state index in [2.05, 4.69) is 5.32 Å². The van der Waals surface area contributed by atoms with E-state index in [0.717, 1.165) is 12.7 Å². The average molecular weight is 401 g/mol. The normalized spacial score (nSPS) is 12.4. The maximum atomic E-state index is 12.5. The highest BCUT2D eigenvalue weighted by atomic mass is 16.6. The number of aliphatic carboxylic acids is 1. The van der Waals surface area contributed by atoms with Gasteiger partial charge in [0.2, 0.25) is 0 Å². The second kappa shape index (κ2) is 9.45. The first kappa shape index (κ1) is 21.5. The van der Waals surface area contributed by atoms with Crippen LogP contribution in [0.3, 0.4) is 0 Å². The van der Waals surface area contributed by atoms with E-state index in [4.69, 9.17) is 20.9 Å². The van der Waals surface area contributed by atoms with Crippen molar-refractivity contribution in [2.75, 3.05) is 18.6 Å². The van der Waals surface area contributed by atoms with Crippen molar-refractivity contribution in [3.8, 4) is 0 Å². The highest BCUT2D eigenvalue weighted by Gasteiger charge is 2.44. The maximum Gasteiger partial charge on any atom is 0.408 e. The summed E-state index contributed by atoms with van der Waals surface area (Å²) < 4.78 is 9.92. The number of ether oxygens (including phenoxy) is 2. The van der Waals surface area contributed by atoms with Gasteiger partial charge < -0.3 is 31.4 Å². The maximum absolute atomic E-state index is 12.5. The largest absolute Gasteiger partial charge is 0.481 e. The molecule has 0 spiro atoms. The summed E-state index contributed by atoms with van der Waals surface area (Å²) in [5, 5.41) is 11.7. The molecule has 0 radical (unpaired) electrons. The highest BCUT2D eigenvalue weighted by Crippen LogP contribution is 2.24. The van der Waals surface area contributed by atoms with E-state index in [1.807, 2.05) is 6.07 Å². The number of benzene rings is 2. The van der Waals surface area contributed by atoms with Crippen molar-refractivity contribution in [1.29, 1.82) is 0 Å². The summed E-state index contributed by atoms with van der Waals surface area (Å²) in [5.74, 6) is -2.23. The Bertz CT molecular complexity index is 887. The molecule has 0 aliphatic carbocycles. The van der Waals surface area contributed by atoms with Crippen molar-refractivity contribution < 1.29 is 29.0 Å². The van der Waals surface area contributed by atoms with Crippen molar-refractivity contribution in [2.24, 2.45) is 0 Å². The van der Waals surface area contributed by atoms with E-state index >= 15 is 0 Å². The fraction of sp³-hybridized carbons (Fsp3) is 0.250. The Hall–Kier alpha value is -3.75. The summed E-state index contributed by atoms with van der Waals surface area (Å²) in [7, 11) is 1.10. The summed E-state index contributed by atoms with van der Waals surface area (Å²) in [6.45, 7) is -0.0498. The van der Waals surface area contributed by atoms with Gasteiger partial charge in [0.05, 0.1) is 24.9 Å². The molecule has 1 atom stereocenters. The predicted octanol–water partition coefficient (Wildman–Crippen LogP) is 1.71. The van der Waals surface area contributed by atoms with Gasteiger partial charge in [-0.3, -0.25) is 4.79 Å². The second-order valence-corrected chi connectivity index (χ2v) is 6.47. The monoisotopic (exact) mass is 401 g/mol. The number of carboxylic acids is 1. The van der Waals surface area contributed by atoms with Gasteiger partial charge in [-0.2, -0.15) is 0 Å². The SMILES string of the molecule is COC(=O)[C@@](CC(=O)O)(Cc1ccc(N)c(N)c1)NC(=O)OCc1ccccc1. The molecule has 154 valence electrons. The molecule has 29 heavy (non-hydrogen) atoms. The van der Waals surface area contributed by atoms with Crippen LogP contribution in [0.2, 0.25) is 0 Å². The summed E-state index contributed by atoms with van der Waals surface area (Å²) in [6, 6.07) is 13.5. The van der Waals surface area contributed by atoms with Crippen LogP contribution >= 0.6 is 0 Å². The minimum atomic E-state index is -1.89. The number of carbonyl (C=O) groups excluding carboxylic acids is 2. The van der Waals surface area contributed by atoms with Gasteiger partial charge in [-0.15, -0.1) is 0 Å². The van der Waals surface area contributed by atoms with Gasteiger partial charge in [-0.1, -0.05) is 36.4 Å². The molecule has 0 heterocycles. The van der Waals surface area contributed by atoms with Crippen molar-refractivity contribution >= 4 is 29.4 Å². The number of anilines is 2. The topological polar surface area (TPSA) is 154 Å². The van der Waals surface area contributed by atoms with Crippen LogP contribution in [0.15, 0.2) is 48.5 Å². The van der Waals surface area contributed by atoms with E-state index < -0.39 is 30.0 Å². The lowest BCUT2D eigenvalue weighted by atomic mass is 9.87. The summed E-state index contributed by atoms with van der Waals surface area (Å²) in [5.41, 5.74) is 11.4. The first-order chi connectivity index (χ1) is 13.8. The predicted molar refractivity (Wildman–Crippen MR) is 106 cm³/mol. The number of methoxy groups -OCH3 is 1. The number of rotatable bonds is 8. The van der Waals surface area contributed by atoms with E-state index in [1.165, 1.54) is 12.1 Å². The first-order valence-electron chi connectivity index (χ1n) is 8.68. The molecule has 1 amide bonds. The molecular formula is C20H23N3O6. The van der Waals surface area contributed by atoms with Crippen molar-refractivity contribution in [3.05, 3.63) is 59.7 Å².